The minimum atomic E-state index is -0.613. The summed E-state index contributed by atoms with van der Waals surface area (Å²) in [5.74, 6) is 0.122. The molecule has 0 atom stereocenters. The number of ether oxygens (including phenoxy) is 2. The molecule has 0 bridgehead atoms. The number of aromatic nitrogens is 2. The molecule has 0 fully saturated rings. The molecule has 0 radical (unpaired) electrons. The van der Waals surface area contributed by atoms with E-state index < -0.39 is 10.8 Å². The summed E-state index contributed by atoms with van der Waals surface area (Å²) in [5.41, 5.74) is 2.98. The van der Waals surface area contributed by atoms with Crippen LogP contribution in [0.25, 0.3) is 0 Å². The summed E-state index contributed by atoms with van der Waals surface area (Å²) in [4.78, 5) is 25.8. The highest BCUT2D eigenvalue weighted by atomic mass is 16.6. The second-order valence-electron chi connectivity index (χ2n) is 4.60. The van der Waals surface area contributed by atoms with Crippen LogP contribution in [0.15, 0.2) is 29.5 Å². The summed E-state index contributed by atoms with van der Waals surface area (Å²) in [6, 6.07) is 4.69. The molecule has 0 aliphatic carbocycles. The lowest BCUT2D eigenvalue weighted by atomic mass is 10.2. The average Bonchev–Trinajstić information content (AvgIpc) is 2.95. The molecule has 0 spiro atoms. The molecular weight excluding hydrogens is 318 g/mol. The quantitative estimate of drug-likeness (QED) is 0.480. The molecule has 10 heteroatoms. The molecule has 1 amide bonds. The first-order chi connectivity index (χ1) is 11.5. The fourth-order valence-corrected chi connectivity index (χ4v) is 1.86. The summed E-state index contributed by atoms with van der Waals surface area (Å²) in [7, 11) is 4.43. The van der Waals surface area contributed by atoms with Crippen molar-refractivity contribution in [3.8, 4) is 11.5 Å². The molecule has 0 aliphatic rings. The molecule has 1 aromatic carbocycles. The van der Waals surface area contributed by atoms with Gasteiger partial charge in [-0.1, -0.05) is 4.98 Å². The molecule has 1 N–H and O–H groups in total. The number of hydrogen-bond donors (Lipinski definition) is 1. The third kappa shape index (κ3) is 3.66. The predicted octanol–water partition coefficient (Wildman–Crippen LogP) is 1.11. The van der Waals surface area contributed by atoms with E-state index in [1.54, 1.807) is 6.07 Å². The molecule has 1 heterocycles. The van der Waals surface area contributed by atoms with Gasteiger partial charge in [-0.15, -0.1) is 0 Å². The van der Waals surface area contributed by atoms with Crippen LogP contribution >= 0.6 is 0 Å². The van der Waals surface area contributed by atoms with Crippen molar-refractivity contribution in [2.75, 3.05) is 14.2 Å². The Morgan fingerprint density at radius 2 is 1.96 bits per heavy atom. The van der Waals surface area contributed by atoms with Crippen LogP contribution in [0.5, 0.6) is 11.5 Å². The number of amides is 1. The van der Waals surface area contributed by atoms with Crippen LogP contribution in [0.1, 0.15) is 16.1 Å². The zero-order valence-electron chi connectivity index (χ0n) is 13.2. The van der Waals surface area contributed by atoms with Crippen LogP contribution in [0, 0.1) is 10.1 Å². The van der Waals surface area contributed by atoms with Crippen molar-refractivity contribution >= 4 is 18.1 Å². The van der Waals surface area contributed by atoms with Crippen molar-refractivity contribution in [1.29, 1.82) is 0 Å². The predicted molar refractivity (Wildman–Crippen MR) is 84.5 cm³/mol. The van der Waals surface area contributed by atoms with Crippen molar-refractivity contribution in [1.82, 2.24) is 15.0 Å². The first kappa shape index (κ1) is 16.9. The van der Waals surface area contributed by atoms with Gasteiger partial charge in [-0.25, -0.2) is 9.99 Å². The van der Waals surface area contributed by atoms with E-state index >= 15 is 0 Å². The van der Waals surface area contributed by atoms with Crippen LogP contribution in [-0.4, -0.2) is 40.8 Å². The smallest absolute Gasteiger partial charge is 0.434 e. The van der Waals surface area contributed by atoms with Crippen LogP contribution in [0.3, 0.4) is 0 Å². The SMILES string of the molecule is COc1cc(OC)cc(C(=O)NN=Cc2cnc([N+](=O)[O-])n2C)c1. The van der Waals surface area contributed by atoms with E-state index in [1.807, 2.05) is 0 Å². The Labute approximate surface area is 136 Å². The fourth-order valence-electron chi connectivity index (χ4n) is 1.86. The minimum absolute atomic E-state index is 0.291. The van der Waals surface area contributed by atoms with Gasteiger partial charge in [0.1, 0.15) is 17.7 Å². The zero-order valence-corrected chi connectivity index (χ0v) is 13.2. The first-order valence-corrected chi connectivity index (χ1v) is 6.69. The van der Waals surface area contributed by atoms with E-state index in [1.165, 1.54) is 50.4 Å². The van der Waals surface area contributed by atoms with Gasteiger partial charge in [-0.3, -0.25) is 4.79 Å². The summed E-state index contributed by atoms with van der Waals surface area (Å²) < 4.78 is 11.4. The molecule has 24 heavy (non-hydrogen) atoms. The van der Waals surface area contributed by atoms with Gasteiger partial charge in [0.15, 0.2) is 5.69 Å². The monoisotopic (exact) mass is 333 g/mol. The molecule has 0 aliphatic heterocycles. The highest BCUT2D eigenvalue weighted by molar-refractivity contribution is 5.95. The van der Waals surface area contributed by atoms with Gasteiger partial charge in [-0.05, 0) is 17.1 Å². The van der Waals surface area contributed by atoms with E-state index in [0.717, 1.165) is 0 Å². The molecule has 10 nitrogen and oxygen atoms in total. The molecule has 1 aromatic heterocycles. The van der Waals surface area contributed by atoms with Gasteiger partial charge in [0, 0.05) is 11.6 Å². The lowest BCUT2D eigenvalue weighted by Crippen LogP contribution is -2.18. The number of hydrazone groups is 1. The van der Waals surface area contributed by atoms with Crippen LogP contribution in [-0.2, 0) is 7.05 Å². The van der Waals surface area contributed by atoms with Crippen molar-refractivity contribution in [3.63, 3.8) is 0 Å². The zero-order chi connectivity index (χ0) is 17.7. The van der Waals surface area contributed by atoms with Gasteiger partial charge >= 0.3 is 5.95 Å². The van der Waals surface area contributed by atoms with E-state index in [4.69, 9.17) is 9.47 Å². The standard InChI is InChI=1S/C14H15N5O5/c1-18-10(7-15-14(18)19(21)22)8-16-17-13(20)9-4-11(23-2)6-12(5-9)24-3/h4-8H,1-3H3,(H,17,20). The number of imidazole rings is 1. The molecular formula is C14H15N5O5. The summed E-state index contributed by atoms with van der Waals surface area (Å²) in [6.45, 7) is 0. The number of rotatable bonds is 6. The number of nitrogens with zero attached hydrogens (tertiary/aromatic N) is 4. The fraction of sp³-hybridized carbons (Fsp3) is 0.214. The maximum atomic E-state index is 12.1. The van der Waals surface area contributed by atoms with Gasteiger partial charge in [-0.2, -0.15) is 5.10 Å². The molecule has 2 aromatic rings. The van der Waals surface area contributed by atoms with Gasteiger partial charge in [0.2, 0.25) is 0 Å². The van der Waals surface area contributed by atoms with Crippen LogP contribution in [0.2, 0.25) is 0 Å². The summed E-state index contributed by atoms with van der Waals surface area (Å²) in [6.07, 6.45) is 2.54. The lowest BCUT2D eigenvalue weighted by molar-refractivity contribution is -0.396. The van der Waals surface area contributed by atoms with Crippen LogP contribution in [0.4, 0.5) is 5.95 Å². The van der Waals surface area contributed by atoms with Gasteiger partial charge in [0.05, 0.1) is 27.5 Å². The molecule has 0 unspecified atom stereocenters. The largest absolute Gasteiger partial charge is 0.497 e. The number of carbonyl (C=O) groups excluding carboxylic acids is 1. The molecule has 0 saturated heterocycles. The minimum Gasteiger partial charge on any atom is -0.497 e. The molecule has 126 valence electrons. The van der Waals surface area contributed by atoms with E-state index in [0.29, 0.717) is 22.8 Å². The number of nitrogens with one attached hydrogen (secondary N) is 1. The lowest BCUT2D eigenvalue weighted by Gasteiger charge is -2.07. The maximum Gasteiger partial charge on any atom is 0.434 e. The van der Waals surface area contributed by atoms with E-state index in [2.05, 4.69) is 15.5 Å². The third-order valence-corrected chi connectivity index (χ3v) is 3.14. The third-order valence-electron chi connectivity index (χ3n) is 3.14. The Kier molecular flexibility index (Phi) is 5.09. The van der Waals surface area contributed by atoms with Crippen molar-refractivity contribution < 1.29 is 19.2 Å². The number of nitro groups is 1. The second kappa shape index (κ2) is 7.22. The second-order valence-corrected chi connectivity index (χ2v) is 4.60. The van der Waals surface area contributed by atoms with Crippen molar-refractivity contribution in [2.45, 2.75) is 0 Å². The van der Waals surface area contributed by atoms with E-state index in [9.17, 15) is 14.9 Å². The summed E-state index contributed by atoms with van der Waals surface area (Å²) in [5, 5.41) is 14.5. The Morgan fingerprint density at radius 1 is 1.33 bits per heavy atom. The Bertz CT molecular complexity index is 777. The summed E-state index contributed by atoms with van der Waals surface area (Å²) >= 11 is 0. The normalized spacial score (nSPS) is 10.6. The number of methoxy groups -OCH3 is 2. The number of carbonyl (C=O) groups is 1. The maximum absolute atomic E-state index is 12.1. The van der Waals surface area contributed by atoms with Gasteiger partial charge in [0.25, 0.3) is 5.91 Å². The molecule has 2 rings (SSSR count). The number of hydrogen-bond acceptors (Lipinski definition) is 7. The Hall–Kier alpha value is -3.43. The van der Waals surface area contributed by atoms with Crippen LogP contribution < -0.4 is 14.9 Å². The Balaban J connectivity index is 2.12. The van der Waals surface area contributed by atoms with E-state index in [-0.39, 0.29) is 5.95 Å². The highest BCUT2D eigenvalue weighted by Crippen LogP contribution is 2.22. The topological polar surface area (TPSA) is 121 Å². The van der Waals surface area contributed by atoms with Gasteiger partial charge < -0.3 is 19.6 Å². The van der Waals surface area contributed by atoms with Crippen molar-refractivity contribution in [2.24, 2.45) is 12.1 Å². The molecule has 0 saturated carbocycles. The Morgan fingerprint density at radius 3 is 2.46 bits per heavy atom. The van der Waals surface area contributed by atoms with Crippen molar-refractivity contribution in [3.05, 3.63) is 45.8 Å². The first-order valence-electron chi connectivity index (χ1n) is 6.69. The highest BCUT2D eigenvalue weighted by Gasteiger charge is 2.15. The number of benzene rings is 1. The average molecular weight is 333 g/mol.